The summed E-state index contributed by atoms with van der Waals surface area (Å²) < 4.78 is 1.34. The number of amides is 1. The van der Waals surface area contributed by atoms with E-state index in [0.717, 1.165) is 5.69 Å². The molecule has 0 aliphatic rings. The Morgan fingerprint density at radius 3 is 2.62 bits per heavy atom. The van der Waals surface area contributed by atoms with E-state index in [9.17, 15) is 4.79 Å². The van der Waals surface area contributed by atoms with Crippen molar-refractivity contribution in [1.82, 2.24) is 19.9 Å². The van der Waals surface area contributed by atoms with Gasteiger partial charge >= 0.3 is 0 Å². The minimum Gasteiger partial charge on any atom is -0.335 e. The average Bonchev–Trinajstić information content (AvgIpc) is 3.02. The summed E-state index contributed by atoms with van der Waals surface area (Å²) in [6.45, 7) is 4.26. The van der Waals surface area contributed by atoms with Crippen molar-refractivity contribution in [2.24, 2.45) is 0 Å². The summed E-state index contributed by atoms with van der Waals surface area (Å²) in [5, 5.41) is 11.4. The molecule has 3 aromatic rings. The summed E-state index contributed by atoms with van der Waals surface area (Å²) in [6, 6.07) is 13.3. The lowest BCUT2D eigenvalue weighted by Crippen LogP contribution is -2.16. The first-order valence-corrected chi connectivity index (χ1v) is 9.17. The number of pyridine rings is 1. The van der Waals surface area contributed by atoms with Crippen molar-refractivity contribution < 1.29 is 4.79 Å². The molecule has 0 fully saturated rings. The fourth-order valence-corrected chi connectivity index (χ4v) is 2.98. The van der Waals surface area contributed by atoms with Crippen LogP contribution in [-0.2, 0) is 4.79 Å². The van der Waals surface area contributed by atoms with Crippen LogP contribution in [0, 0.1) is 0 Å². The van der Waals surface area contributed by atoms with Crippen molar-refractivity contribution in [3.05, 3.63) is 54.2 Å². The molecule has 0 unspecified atom stereocenters. The Kier molecular flexibility index (Phi) is 5.52. The summed E-state index contributed by atoms with van der Waals surface area (Å²) in [6.07, 6.45) is 1.66. The molecule has 0 atom stereocenters. The van der Waals surface area contributed by atoms with Crippen LogP contribution in [0.25, 0.3) is 11.5 Å². The van der Waals surface area contributed by atoms with Crippen molar-refractivity contribution in [1.29, 1.82) is 0 Å². The molecule has 0 spiro atoms. The highest BCUT2D eigenvalue weighted by Crippen LogP contribution is 2.21. The third kappa shape index (κ3) is 4.20. The topological polar surface area (TPSA) is 98.7 Å². The monoisotopic (exact) mass is 368 g/mol. The number of nitrogens with one attached hydrogen (secondary N) is 1. The molecule has 0 saturated carbocycles. The molecule has 0 saturated heterocycles. The predicted octanol–water partition coefficient (Wildman–Crippen LogP) is 2.91. The third-order valence-electron chi connectivity index (χ3n) is 3.75. The van der Waals surface area contributed by atoms with Crippen LogP contribution in [0.1, 0.15) is 25.3 Å². The number of nitrogens with two attached hydrogens (primary N) is 1. The van der Waals surface area contributed by atoms with Crippen LogP contribution in [0.2, 0.25) is 0 Å². The third-order valence-corrected chi connectivity index (χ3v) is 4.70. The Balaban J connectivity index is 1.59. The molecule has 2 heterocycles. The Labute approximate surface area is 156 Å². The van der Waals surface area contributed by atoms with Crippen LogP contribution in [0.3, 0.4) is 0 Å². The van der Waals surface area contributed by atoms with Gasteiger partial charge in [-0.05, 0) is 35.7 Å². The molecule has 1 aromatic carbocycles. The fraction of sp³-hybridized carbons (Fsp3) is 0.222. The second-order valence-corrected chi connectivity index (χ2v) is 6.95. The van der Waals surface area contributed by atoms with E-state index >= 15 is 0 Å². The zero-order valence-corrected chi connectivity index (χ0v) is 15.4. The molecule has 8 heteroatoms. The highest BCUT2D eigenvalue weighted by Gasteiger charge is 2.14. The van der Waals surface area contributed by atoms with Gasteiger partial charge in [-0.15, -0.1) is 10.2 Å². The smallest absolute Gasteiger partial charge is 0.234 e. The number of aromatic nitrogens is 4. The molecule has 3 rings (SSSR count). The van der Waals surface area contributed by atoms with E-state index in [-0.39, 0.29) is 11.7 Å². The molecule has 0 radical (unpaired) electrons. The minimum absolute atomic E-state index is 0.130. The van der Waals surface area contributed by atoms with Crippen LogP contribution < -0.4 is 11.2 Å². The molecule has 26 heavy (non-hydrogen) atoms. The summed E-state index contributed by atoms with van der Waals surface area (Å²) in [7, 11) is 0. The summed E-state index contributed by atoms with van der Waals surface area (Å²) in [5.74, 6) is 6.99. The van der Waals surface area contributed by atoms with Gasteiger partial charge in [0.2, 0.25) is 16.9 Å². The van der Waals surface area contributed by atoms with Gasteiger partial charge < -0.3 is 11.2 Å². The fourth-order valence-electron chi connectivity index (χ4n) is 2.32. The average molecular weight is 368 g/mol. The van der Waals surface area contributed by atoms with Crippen molar-refractivity contribution in [2.45, 2.75) is 24.9 Å². The number of nitrogens with zero attached hydrogens (tertiary/aromatic N) is 4. The Morgan fingerprint density at radius 2 is 1.96 bits per heavy atom. The largest absolute Gasteiger partial charge is 0.335 e. The van der Waals surface area contributed by atoms with Gasteiger partial charge in [-0.25, -0.2) is 4.68 Å². The highest BCUT2D eigenvalue weighted by atomic mass is 32.2. The number of nitrogen functional groups attached to an aromatic ring is 1. The summed E-state index contributed by atoms with van der Waals surface area (Å²) in [5.41, 5.74) is 2.63. The molecule has 3 N–H and O–H groups in total. The minimum atomic E-state index is -0.130. The van der Waals surface area contributed by atoms with Gasteiger partial charge in [0.1, 0.15) is 5.69 Å². The lowest BCUT2D eigenvalue weighted by Gasteiger charge is -2.08. The van der Waals surface area contributed by atoms with Gasteiger partial charge in [0.15, 0.2) is 0 Å². The lowest BCUT2D eigenvalue weighted by molar-refractivity contribution is -0.113. The number of hydrogen-bond acceptors (Lipinski definition) is 6. The molecular formula is C18H20N6OS. The van der Waals surface area contributed by atoms with Crippen LogP contribution in [0.5, 0.6) is 0 Å². The second-order valence-electron chi connectivity index (χ2n) is 6.00. The Bertz CT molecular complexity index is 876. The van der Waals surface area contributed by atoms with E-state index in [2.05, 4.69) is 34.3 Å². The van der Waals surface area contributed by atoms with E-state index in [1.54, 1.807) is 12.3 Å². The van der Waals surface area contributed by atoms with Gasteiger partial charge in [0.25, 0.3) is 0 Å². The standard InChI is InChI=1S/C18H20N6OS/c1-12(2)13-6-8-14(9-7-13)21-16(25)11-26-18-23-22-17(24(18)19)15-5-3-4-10-20-15/h3-10,12H,11,19H2,1-2H3,(H,21,25). The summed E-state index contributed by atoms with van der Waals surface area (Å²) in [4.78, 5) is 16.4. The number of thioether (sulfide) groups is 1. The van der Waals surface area contributed by atoms with Crippen LogP contribution in [0.4, 0.5) is 5.69 Å². The van der Waals surface area contributed by atoms with Gasteiger partial charge in [-0.1, -0.05) is 43.8 Å². The molecule has 0 aliphatic heterocycles. The zero-order valence-electron chi connectivity index (χ0n) is 14.6. The Morgan fingerprint density at radius 1 is 1.19 bits per heavy atom. The van der Waals surface area contributed by atoms with Gasteiger partial charge in [0, 0.05) is 11.9 Å². The molecule has 0 aliphatic carbocycles. The van der Waals surface area contributed by atoms with Gasteiger partial charge in [-0.2, -0.15) is 0 Å². The Hall–Kier alpha value is -2.87. The van der Waals surface area contributed by atoms with E-state index in [4.69, 9.17) is 5.84 Å². The molecule has 7 nitrogen and oxygen atoms in total. The zero-order chi connectivity index (χ0) is 18.5. The normalized spacial score (nSPS) is 10.9. The first-order valence-electron chi connectivity index (χ1n) is 8.19. The van der Waals surface area contributed by atoms with Crippen LogP contribution in [0.15, 0.2) is 53.8 Å². The summed E-state index contributed by atoms with van der Waals surface area (Å²) >= 11 is 1.22. The molecule has 134 valence electrons. The first-order chi connectivity index (χ1) is 12.5. The molecule has 2 aromatic heterocycles. The first kappa shape index (κ1) is 17.9. The number of hydrogen-bond donors (Lipinski definition) is 2. The lowest BCUT2D eigenvalue weighted by atomic mass is 10.0. The number of rotatable bonds is 6. The maximum absolute atomic E-state index is 12.2. The number of anilines is 1. The predicted molar refractivity (Wildman–Crippen MR) is 103 cm³/mol. The number of benzene rings is 1. The highest BCUT2D eigenvalue weighted by molar-refractivity contribution is 7.99. The van der Waals surface area contributed by atoms with E-state index in [0.29, 0.717) is 22.6 Å². The van der Waals surface area contributed by atoms with E-state index in [1.165, 1.54) is 22.0 Å². The maximum Gasteiger partial charge on any atom is 0.234 e. The molecular weight excluding hydrogens is 348 g/mol. The quantitative estimate of drug-likeness (QED) is 0.513. The number of carbonyl (C=O) groups excluding carboxylic acids is 1. The number of carbonyl (C=O) groups is 1. The molecule has 1 amide bonds. The van der Waals surface area contributed by atoms with E-state index < -0.39 is 0 Å². The second kappa shape index (κ2) is 8.01. The maximum atomic E-state index is 12.2. The van der Waals surface area contributed by atoms with Crippen LogP contribution >= 0.6 is 11.8 Å². The molecule has 0 bridgehead atoms. The van der Waals surface area contributed by atoms with Crippen molar-refractivity contribution >= 4 is 23.4 Å². The van der Waals surface area contributed by atoms with E-state index in [1.807, 2.05) is 36.4 Å². The van der Waals surface area contributed by atoms with Crippen molar-refractivity contribution in [3.8, 4) is 11.5 Å². The van der Waals surface area contributed by atoms with Crippen LogP contribution in [-0.4, -0.2) is 31.5 Å². The van der Waals surface area contributed by atoms with Gasteiger partial charge in [0.05, 0.1) is 5.75 Å². The van der Waals surface area contributed by atoms with Crippen molar-refractivity contribution in [2.75, 3.05) is 16.9 Å². The van der Waals surface area contributed by atoms with Gasteiger partial charge in [-0.3, -0.25) is 9.78 Å². The van der Waals surface area contributed by atoms with Crippen molar-refractivity contribution in [3.63, 3.8) is 0 Å². The SMILES string of the molecule is CC(C)c1ccc(NC(=O)CSc2nnc(-c3ccccn3)n2N)cc1.